The molecule has 1 saturated heterocycles. The zero-order valence-corrected chi connectivity index (χ0v) is 12.4. The molecule has 2 nitrogen and oxygen atoms in total. The number of hydrogen-bond donors (Lipinski definition) is 1. The number of likely N-dealkylation sites (tertiary alicyclic amines) is 1. The quantitative estimate of drug-likeness (QED) is 0.800. The molecule has 96 valence electrons. The Labute approximate surface area is 106 Å². The van der Waals surface area contributed by atoms with Gasteiger partial charge in [-0.2, -0.15) is 11.8 Å². The van der Waals surface area contributed by atoms with E-state index in [1.54, 1.807) is 0 Å². The van der Waals surface area contributed by atoms with Crippen LogP contribution in [0.25, 0.3) is 0 Å². The van der Waals surface area contributed by atoms with Crippen molar-refractivity contribution in [1.29, 1.82) is 0 Å². The second kappa shape index (κ2) is 6.27. The average molecular weight is 244 g/mol. The Balaban J connectivity index is 2.20. The van der Waals surface area contributed by atoms with Crippen LogP contribution in [0.15, 0.2) is 0 Å². The van der Waals surface area contributed by atoms with Crippen LogP contribution in [0.5, 0.6) is 0 Å². The molecule has 0 aromatic carbocycles. The van der Waals surface area contributed by atoms with E-state index < -0.39 is 0 Å². The van der Waals surface area contributed by atoms with Crippen LogP contribution in [0.2, 0.25) is 0 Å². The predicted octanol–water partition coefficient (Wildman–Crippen LogP) is 2.45. The standard InChI is InChI=1S/C13H28N2S/c1-11(16-5)9-15-7-6-12(10-15)8-14-13(2,3)4/h11-12,14H,6-10H2,1-5H3. The lowest BCUT2D eigenvalue weighted by Crippen LogP contribution is -2.40. The molecule has 1 N–H and O–H groups in total. The minimum atomic E-state index is 0.264. The molecule has 0 amide bonds. The van der Waals surface area contributed by atoms with Gasteiger partial charge in [0.15, 0.2) is 0 Å². The third-order valence-electron chi connectivity index (χ3n) is 3.21. The van der Waals surface area contributed by atoms with E-state index in [9.17, 15) is 0 Å². The molecule has 1 rings (SSSR count). The molecular formula is C13H28N2S. The van der Waals surface area contributed by atoms with Crippen molar-refractivity contribution >= 4 is 11.8 Å². The van der Waals surface area contributed by atoms with Gasteiger partial charge in [0.25, 0.3) is 0 Å². The second-order valence-corrected chi connectivity index (χ2v) is 7.37. The molecule has 1 aliphatic rings. The average Bonchev–Trinajstić information content (AvgIpc) is 2.61. The number of rotatable bonds is 5. The lowest BCUT2D eigenvalue weighted by molar-refractivity contribution is 0.315. The van der Waals surface area contributed by atoms with Crippen LogP contribution >= 0.6 is 11.8 Å². The summed E-state index contributed by atoms with van der Waals surface area (Å²) in [5.41, 5.74) is 0.264. The highest BCUT2D eigenvalue weighted by atomic mass is 32.2. The Kier molecular flexibility index (Phi) is 5.62. The van der Waals surface area contributed by atoms with Crippen molar-refractivity contribution in [1.82, 2.24) is 10.2 Å². The highest BCUT2D eigenvalue weighted by Crippen LogP contribution is 2.18. The lowest BCUT2D eigenvalue weighted by atomic mass is 10.1. The number of thioether (sulfide) groups is 1. The summed E-state index contributed by atoms with van der Waals surface area (Å²) in [5, 5.41) is 4.39. The molecule has 1 aliphatic heterocycles. The maximum absolute atomic E-state index is 3.62. The second-order valence-electron chi connectivity index (χ2n) is 6.09. The van der Waals surface area contributed by atoms with Gasteiger partial charge in [-0.1, -0.05) is 6.92 Å². The molecule has 1 heterocycles. The predicted molar refractivity (Wildman–Crippen MR) is 75.3 cm³/mol. The summed E-state index contributed by atoms with van der Waals surface area (Å²) in [6.07, 6.45) is 3.57. The van der Waals surface area contributed by atoms with E-state index in [2.05, 4.69) is 44.2 Å². The summed E-state index contributed by atoms with van der Waals surface area (Å²) in [5.74, 6) is 0.855. The van der Waals surface area contributed by atoms with E-state index in [4.69, 9.17) is 0 Å². The van der Waals surface area contributed by atoms with Gasteiger partial charge in [0, 0.05) is 23.9 Å². The third-order valence-corrected chi connectivity index (χ3v) is 4.16. The Bertz CT molecular complexity index is 201. The third kappa shape index (κ3) is 5.55. The topological polar surface area (TPSA) is 15.3 Å². The highest BCUT2D eigenvalue weighted by molar-refractivity contribution is 7.99. The molecule has 0 aliphatic carbocycles. The highest BCUT2D eigenvalue weighted by Gasteiger charge is 2.24. The fourth-order valence-electron chi connectivity index (χ4n) is 2.13. The molecule has 16 heavy (non-hydrogen) atoms. The van der Waals surface area contributed by atoms with Crippen LogP contribution in [0.1, 0.15) is 34.1 Å². The minimum Gasteiger partial charge on any atom is -0.312 e. The molecule has 2 atom stereocenters. The molecule has 0 bridgehead atoms. The molecule has 0 aromatic rings. The normalized spacial score (nSPS) is 24.9. The van der Waals surface area contributed by atoms with Crippen LogP contribution in [0, 0.1) is 5.92 Å². The maximum atomic E-state index is 3.62. The molecule has 0 spiro atoms. The Morgan fingerprint density at radius 2 is 2.12 bits per heavy atom. The molecule has 0 radical (unpaired) electrons. The van der Waals surface area contributed by atoms with Gasteiger partial charge in [-0.15, -0.1) is 0 Å². The van der Waals surface area contributed by atoms with E-state index in [0.29, 0.717) is 0 Å². The van der Waals surface area contributed by atoms with Gasteiger partial charge in [0.1, 0.15) is 0 Å². The first-order valence-corrected chi connectivity index (χ1v) is 7.69. The van der Waals surface area contributed by atoms with Gasteiger partial charge in [0.2, 0.25) is 0 Å². The summed E-state index contributed by atoms with van der Waals surface area (Å²) >= 11 is 1.97. The van der Waals surface area contributed by atoms with Crippen molar-refractivity contribution in [2.45, 2.75) is 44.9 Å². The molecular weight excluding hydrogens is 216 g/mol. The smallest absolute Gasteiger partial charge is 0.0143 e. The van der Waals surface area contributed by atoms with E-state index in [0.717, 1.165) is 11.2 Å². The van der Waals surface area contributed by atoms with Crippen molar-refractivity contribution in [3.63, 3.8) is 0 Å². The number of hydrogen-bond acceptors (Lipinski definition) is 3. The van der Waals surface area contributed by atoms with Crippen molar-refractivity contribution in [3.05, 3.63) is 0 Å². The largest absolute Gasteiger partial charge is 0.312 e. The van der Waals surface area contributed by atoms with E-state index >= 15 is 0 Å². The molecule has 0 saturated carbocycles. The van der Waals surface area contributed by atoms with Crippen molar-refractivity contribution < 1.29 is 0 Å². The SMILES string of the molecule is CSC(C)CN1CCC(CNC(C)(C)C)C1. The van der Waals surface area contributed by atoms with Crippen molar-refractivity contribution in [2.75, 3.05) is 32.4 Å². The van der Waals surface area contributed by atoms with Gasteiger partial charge < -0.3 is 10.2 Å². The van der Waals surface area contributed by atoms with E-state index in [1.165, 1.54) is 32.6 Å². The van der Waals surface area contributed by atoms with E-state index in [-0.39, 0.29) is 5.54 Å². The Morgan fingerprint density at radius 3 is 2.69 bits per heavy atom. The van der Waals surface area contributed by atoms with Gasteiger partial charge in [0.05, 0.1) is 0 Å². The summed E-state index contributed by atoms with van der Waals surface area (Å²) in [7, 11) is 0. The summed E-state index contributed by atoms with van der Waals surface area (Å²) < 4.78 is 0. The van der Waals surface area contributed by atoms with Crippen molar-refractivity contribution in [3.8, 4) is 0 Å². The number of nitrogens with one attached hydrogen (secondary N) is 1. The lowest BCUT2D eigenvalue weighted by Gasteiger charge is -2.24. The van der Waals surface area contributed by atoms with Crippen LogP contribution < -0.4 is 5.32 Å². The number of nitrogens with zero attached hydrogens (tertiary/aromatic N) is 1. The maximum Gasteiger partial charge on any atom is 0.0143 e. The fourth-order valence-corrected chi connectivity index (χ4v) is 2.49. The van der Waals surface area contributed by atoms with Gasteiger partial charge in [-0.25, -0.2) is 0 Å². The summed E-state index contributed by atoms with van der Waals surface area (Å²) in [4.78, 5) is 2.62. The van der Waals surface area contributed by atoms with E-state index in [1.807, 2.05) is 11.8 Å². The van der Waals surface area contributed by atoms with Gasteiger partial charge in [-0.05, 0) is 52.5 Å². The Hall–Kier alpha value is 0.270. The van der Waals surface area contributed by atoms with Gasteiger partial charge in [-0.3, -0.25) is 0 Å². The van der Waals surface area contributed by atoms with Gasteiger partial charge >= 0.3 is 0 Å². The Morgan fingerprint density at radius 1 is 1.44 bits per heavy atom. The first-order valence-electron chi connectivity index (χ1n) is 6.41. The monoisotopic (exact) mass is 244 g/mol. The molecule has 3 heteroatoms. The van der Waals surface area contributed by atoms with Crippen LogP contribution in [-0.2, 0) is 0 Å². The molecule has 1 fully saturated rings. The van der Waals surface area contributed by atoms with Crippen LogP contribution in [0.4, 0.5) is 0 Å². The van der Waals surface area contributed by atoms with Crippen LogP contribution in [-0.4, -0.2) is 48.1 Å². The minimum absolute atomic E-state index is 0.264. The fraction of sp³-hybridized carbons (Fsp3) is 1.00. The first kappa shape index (κ1) is 14.3. The van der Waals surface area contributed by atoms with Crippen molar-refractivity contribution in [2.24, 2.45) is 5.92 Å². The summed E-state index contributed by atoms with van der Waals surface area (Å²) in [6.45, 7) is 14.1. The molecule has 2 unspecified atom stereocenters. The van der Waals surface area contributed by atoms with Crippen LogP contribution in [0.3, 0.4) is 0 Å². The zero-order chi connectivity index (χ0) is 12.2. The summed E-state index contributed by atoms with van der Waals surface area (Å²) in [6, 6.07) is 0. The molecule has 0 aromatic heterocycles. The first-order chi connectivity index (χ1) is 7.40. The zero-order valence-electron chi connectivity index (χ0n) is 11.5.